The minimum atomic E-state index is -1.26. The zero-order chi connectivity index (χ0) is 28.9. The molecular formula is C32H32FN5O4. The second-order valence-electron chi connectivity index (χ2n) is 10.2. The lowest BCUT2D eigenvalue weighted by molar-refractivity contribution is 0.124. The van der Waals surface area contributed by atoms with E-state index >= 15 is 4.39 Å². The van der Waals surface area contributed by atoms with E-state index < -0.39 is 18.3 Å². The fraction of sp³-hybridized carbons (Fsp3) is 0.281. The Morgan fingerprint density at radius 2 is 1.95 bits per heavy atom. The van der Waals surface area contributed by atoms with Gasteiger partial charge in [-0.15, -0.1) is 0 Å². The van der Waals surface area contributed by atoms with Gasteiger partial charge in [-0.3, -0.25) is 4.40 Å². The summed E-state index contributed by atoms with van der Waals surface area (Å²) >= 11 is 0. The Morgan fingerprint density at radius 1 is 1.07 bits per heavy atom. The van der Waals surface area contributed by atoms with Crippen LogP contribution in [0.15, 0.2) is 85.2 Å². The molecule has 6 rings (SSSR count). The molecule has 1 amide bonds. The molecule has 0 saturated carbocycles. The number of rotatable bonds is 9. The van der Waals surface area contributed by atoms with E-state index in [1.54, 1.807) is 13.3 Å². The maximum Gasteiger partial charge on any atom is 0.407 e. The van der Waals surface area contributed by atoms with E-state index in [1.807, 2.05) is 88.3 Å². The molecule has 1 aliphatic rings. The van der Waals surface area contributed by atoms with Crippen LogP contribution in [0.5, 0.6) is 5.75 Å². The molecule has 0 unspecified atom stereocenters. The minimum absolute atomic E-state index is 0.135. The summed E-state index contributed by atoms with van der Waals surface area (Å²) in [6, 6.07) is 22.4. The van der Waals surface area contributed by atoms with Crippen molar-refractivity contribution in [3.63, 3.8) is 0 Å². The third-order valence-electron chi connectivity index (χ3n) is 7.40. The highest BCUT2D eigenvalue weighted by molar-refractivity contribution is 5.92. The van der Waals surface area contributed by atoms with Gasteiger partial charge in [-0.05, 0) is 30.2 Å². The van der Waals surface area contributed by atoms with Crippen molar-refractivity contribution in [1.82, 2.24) is 19.7 Å². The van der Waals surface area contributed by atoms with E-state index in [2.05, 4.69) is 10.3 Å². The number of pyridine rings is 2. The molecule has 42 heavy (non-hydrogen) atoms. The zero-order valence-electron chi connectivity index (χ0n) is 23.3. The number of hydrogen-bond acceptors (Lipinski definition) is 7. The highest BCUT2D eigenvalue weighted by atomic mass is 19.1. The fourth-order valence-electron chi connectivity index (χ4n) is 5.22. The lowest BCUT2D eigenvalue weighted by atomic mass is 10.0. The smallest absolute Gasteiger partial charge is 0.407 e. The monoisotopic (exact) mass is 569 g/mol. The molecule has 1 saturated heterocycles. The number of anilines is 1. The molecule has 0 radical (unpaired) electrons. The zero-order valence-corrected chi connectivity index (χ0v) is 23.3. The lowest BCUT2D eigenvalue weighted by Gasteiger charge is -2.36. The number of amides is 1. The molecule has 3 aromatic heterocycles. The van der Waals surface area contributed by atoms with E-state index in [0.29, 0.717) is 31.9 Å². The number of piperidine rings is 1. The Balaban J connectivity index is 1.16. The molecule has 5 aromatic rings. The van der Waals surface area contributed by atoms with Crippen molar-refractivity contribution in [2.45, 2.75) is 25.2 Å². The molecular weight excluding hydrogens is 537 g/mol. The van der Waals surface area contributed by atoms with E-state index in [-0.39, 0.29) is 13.2 Å². The summed E-state index contributed by atoms with van der Waals surface area (Å²) in [6.07, 6.45) is 2.27. The number of aromatic nitrogens is 3. The quantitative estimate of drug-likeness (QED) is 0.237. The van der Waals surface area contributed by atoms with Gasteiger partial charge in [-0.25, -0.2) is 19.2 Å². The van der Waals surface area contributed by atoms with Gasteiger partial charge in [0.15, 0.2) is 0 Å². The summed E-state index contributed by atoms with van der Waals surface area (Å²) in [7, 11) is 1.64. The highest BCUT2D eigenvalue weighted by Gasteiger charge is 2.31. The van der Waals surface area contributed by atoms with Gasteiger partial charge in [0.2, 0.25) is 0 Å². The Labute approximate surface area is 242 Å². The molecule has 1 N–H and O–H groups in total. The number of carbonyl (C=O) groups excluding carboxylic acids is 1. The van der Waals surface area contributed by atoms with Crippen LogP contribution in [0.4, 0.5) is 14.9 Å². The summed E-state index contributed by atoms with van der Waals surface area (Å²) in [5.41, 5.74) is 4.85. The number of halogens is 1. The number of methoxy groups -OCH3 is 1. The maximum absolute atomic E-state index is 15.4. The first-order chi connectivity index (χ1) is 20.6. The van der Waals surface area contributed by atoms with Gasteiger partial charge < -0.3 is 24.4 Å². The topological polar surface area (TPSA) is 90.2 Å². The summed E-state index contributed by atoms with van der Waals surface area (Å²) < 4.78 is 33.4. The maximum atomic E-state index is 15.4. The number of nitrogens with zero attached hydrogens (tertiary/aromatic N) is 4. The van der Waals surface area contributed by atoms with Gasteiger partial charge in [0, 0.05) is 31.3 Å². The first-order valence-electron chi connectivity index (χ1n) is 13.9. The number of alkyl carbamates (subject to hydrolysis) is 1. The predicted octanol–water partition coefficient (Wildman–Crippen LogP) is 5.42. The van der Waals surface area contributed by atoms with Crippen molar-refractivity contribution in [3.05, 3.63) is 90.8 Å². The molecule has 0 aliphatic carbocycles. The van der Waals surface area contributed by atoms with Crippen molar-refractivity contribution in [2.75, 3.05) is 38.3 Å². The molecule has 0 bridgehead atoms. The highest BCUT2D eigenvalue weighted by Crippen LogP contribution is 2.31. The van der Waals surface area contributed by atoms with Gasteiger partial charge >= 0.3 is 6.09 Å². The number of imidazole rings is 1. The van der Waals surface area contributed by atoms with Crippen molar-refractivity contribution < 1.29 is 23.4 Å². The van der Waals surface area contributed by atoms with E-state index in [1.165, 1.54) is 0 Å². The Morgan fingerprint density at radius 3 is 2.79 bits per heavy atom. The number of hydrogen-bond donors (Lipinski definition) is 1. The Kier molecular flexibility index (Phi) is 8.14. The fourth-order valence-corrected chi connectivity index (χ4v) is 5.22. The van der Waals surface area contributed by atoms with Crippen LogP contribution in [-0.2, 0) is 16.1 Å². The third kappa shape index (κ3) is 5.99. The second kappa shape index (κ2) is 12.4. The minimum Gasteiger partial charge on any atom is -0.491 e. The molecule has 2 aromatic carbocycles. The molecule has 4 heterocycles. The summed E-state index contributed by atoms with van der Waals surface area (Å²) in [5.74, 6) is 0.716. The van der Waals surface area contributed by atoms with Crippen molar-refractivity contribution >= 4 is 28.3 Å². The molecule has 0 spiro atoms. The van der Waals surface area contributed by atoms with Crippen LogP contribution in [0.2, 0.25) is 0 Å². The number of para-hydroxylation sites is 1. The average molecular weight is 570 g/mol. The summed E-state index contributed by atoms with van der Waals surface area (Å²) in [6.45, 7) is 1.81. The third-order valence-corrected chi connectivity index (χ3v) is 7.40. The van der Waals surface area contributed by atoms with Crippen molar-refractivity contribution in [1.29, 1.82) is 0 Å². The number of nitrogens with one attached hydrogen (secondary N) is 1. The van der Waals surface area contributed by atoms with Crippen LogP contribution in [-0.4, -0.2) is 66.1 Å². The number of carbonyl (C=O) groups is 1. The van der Waals surface area contributed by atoms with Gasteiger partial charge in [-0.2, -0.15) is 0 Å². The van der Waals surface area contributed by atoms with Gasteiger partial charge in [-0.1, -0.05) is 48.5 Å². The number of alkyl halides is 1. The molecule has 1 aliphatic heterocycles. The van der Waals surface area contributed by atoms with E-state index in [4.69, 9.17) is 19.2 Å². The van der Waals surface area contributed by atoms with Crippen LogP contribution >= 0.6 is 0 Å². The number of benzene rings is 2. The van der Waals surface area contributed by atoms with Crippen LogP contribution in [0, 0.1) is 0 Å². The van der Waals surface area contributed by atoms with E-state index in [9.17, 15) is 4.79 Å². The van der Waals surface area contributed by atoms with Crippen LogP contribution in [0.25, 0.3) is 27.9 Å². The van der Waals surface area contributed by atoms with Gasteiger partial charge in [0.25, 0.3) is 0 Å². The summed E-state index contributed by atoms with van der Waals surface area (Å²) in [5, 5.41) is 3.66. The van der Waals surface area contributed by atoms with Crippen molar-refractivity contribution in [3.8, 4) is 17.1 Å². The average Bonchev–Trinajstić information content (AvgIpc) is 3.44. The standard InChI is InChI=1S/C32H32FN5O4/c1-40-16-17-41-24-12-15-38-29(19-34-30(38)18-24)27-11-10-23-8-5-9-28(31(23)35-27)37-14-13-26(25(33)20-37)36-32(39)42-21-22-6-3-2-4-7-22/h2-12,15,18-19,25-26H,13-14,16-17,20-21H2,1H3,(H,36,39)/t25-,26+/m0/s1. The molecule has 9 nitrogen and oxygen atoms in total. The normalized spacial score (nSPS) is 17.0. The molecule has 2 atom stereocenters. The van der Waals surface area contributed by atoms with Crippen molar-refractivity contribution in [2.24, 2.45) is 0 Å². The first kappa shape index (κ1) is 27.5. The van der Waals surface area contributed by atoms with Crippen LogP contribution in [0.1, 0.15) is 12.0 Å². The summed E-state index contributed by atoms with van der Waals surface area (Å²) in [4.78, 5) is 23.9. The SMILES string of the molecule is COCCOc1ccn2c(-c3ccc4cccc(N5CC[C@@H](NC(=O)OCc6ccccc6)[C@@H](F)C5)c4n3)cnc2c1. The molecule has 10 heteroatoms. The second-order valence-corrected chi connectivity index (χ2v) is 10.2. The van der Waals surface area contributed by atoms with Crippen LogP contribution < -0.4 is 15.0 Å². The van der Waals surface area contributed by atoms with Crippen LogP contribution in [0.3, 0.4) is 0 Å². The largest absolute Gasteiger partial charge is 0.491 e. The molecule has 216 valence electrons. The van der Waals surface area contributed by atoms with E-state index in [0.717, 1.165) is 39.2 Å². The van der Waals surface area contributed by atoms with Gasteiger partial charge in [0.1, 0.15) is 30.8 Å². The van der Waals surface area contributed by atoms with Gasteiger partial charge in [0.05, 0.1) is 48.0 Å². The molecule has 1 fully saturated rings. The first-order valence-corrected chi connectivity index (χ1v) is 13.9. The predicted molar refractivity (Wildman–Crippen MR) is 159 cm³/mol. The number of ether oxygens (including phenoxy) is 3. The Hall–Kier alpha value is -4.70. The lowest BCUT2D eigenvalue weighted by Crippen LogP contribution is -2.52. The Bertz CT molecular complexity index is 1680. The number of fused-ring (bicyclic) bond motifs is 2.